The molecular formula is C38H30O6. The first kappa shape index (κ1) is 27.5. The Hall–Kier alpha value is -5.36. The Kier molecular flexibility index (Phi) is 7.32. The number of hydrogen-bond donors (Lipinski definition) is 0. The maximum absolute atomic E-state index is 14.0. The van der Waals surface area contributed by atoms with E-state index in [2.05, 4.69) is 24.3 Å². The summed E-state index contributed by atoms with van der Waals surface area (Å²) in [6, 6.07) is 39.3. The monoisotopic (exact) mass is 582 g/mol. The number of ether oxygens (including phenoxy) is 4. The molecule has 2 aliphatic rings. The average molecular weight is 583 g/mol. The Morgan fingerprint density at radius 1 is 0.614 bits per heavy atom. The molecule has 5 aromatic carbocycles. The highest BCUT2D eigenvalue weighted by Crippen LogP contribution is 2.48. The molecule has 0 N–H and O–H groups in total. The molecular weight excluding hydrogens is 552 g/mol. The third-order valence-corrected chi connectivity index (χ3v) is 8.51. The SMILES string of the molecule is COc1ccc(COC(=O)OC(C(=O)OCC2c3ccccc3-c3ccccc32)C2c3ccccc3-c3ccccc32)cc1. The predicted octanol–water partition coefficient (Wildman–Crippen LogP) is 7.89. The van der Waals surface area contributed by atoms with Gasteiger partial charge in [-0.25, -0.2) is 9.59 Å². The van der Waals surface area contributed by atoms with Crippen molar-refractivity contribution < 1.29 is 28.5 Å². The van der Waals surface area contributed by atoms with Crippen molar-refractivity contribution in [1.82, 2.24) is 0 Å². The predicted molar refractivity (Wildman–Crippen MR) is 166 cm³/mol. The van der Waals surface area contributed by atoms with E-state index in [1.54, 1.807) is 31.4 Å². The molecule has 0 heterocycles. The lowest BCUT2D eigenvalue weighted by Crippen LogP contribution is -2.35. The zero-order valence-electron chi connectivity index (χ0n) is 24.1. The number of rotatable bonds is 8. The molecule has 0 aromatic heterocycles. The lowest BCUT2D eigenvalue weighted by molar-refractivity contribution is -0.156. The van der Waals surface area contributed by atoms with Crippen molar-refractivity contribution in [3.8, 4) is 28.0 Å². The van der Waals surface area contributed by atoms with Crippen molar-refractivity contribution in [3.05, 3.63) is 149 Å². The molecule has 0 radical (unpaired) electrons. The van der Waals surface area contributed by atoms with E-state index in [0.29, 0.717) is 5.75 Å². The van der Waals surface area contributed by atoms with Crippen LogP contribution in [0.3, 0.4) is 0 Å². The molecule has 6 heteroatoms. The van der Waals surface area contributed by atoms with E-state index in [0.717, 1.165) is 50.1 Å². The fourth-order valence-electron chi connectivity index (χ4n) is 6.46. The van der Waals surface area contributed by atoms with Gasteiger partial charge in [0, 0.05) is 5.92 Å². The molecule has 7 rings (SSSR count). The first-order valence-electron chi connectivity index (χ1n) is 14.6. The Balaban J connectivity index is 1.16. The quantitative estimate of drug-likeness (QED) is 0.173. The van der Waals surface area contributed by atoms with Crippen LogP contribution in [-0.4, -0.2) is 31.9 Å². The van der Waals surface area contributed by atoms with Crippen LogP contribution in [0.1, 0.15) is 39.7 Å². The van der Waals surface area contributed by atoms with E-state index in [-0.39, 0.29) is 19.1 Å². The van der Waals surface area contributed by atoms with Gasteiger partial charge in [-0.3, -0.25) is 0 Å². The number of esters is 1. The molecule has 218 valence electrons. The van der Waals surface area contributed by atoms with E-state index in [1.165, 1.54) is 0 Å². The minimum atomic E-state index is -1.25. The molecule has 1 atom stereocenters. The van der Waals surface area contributed by atoms with Crippen LogP contribution in [0.2, 0.25) is 0 Å². The highest BCUT2D eigenvalue weighted by atomic mass is 16.7. The molecule has 2 aliphatic carbocycles. The average Bonchev–Trinajstić information content (AvgIpc) is 3.58. The second-order valence-electron chi connectivity index (χ2n) is 10.9. The van der Waals surface area contributed by atoms with Crippen LogP contribution in [0.25, 0.3) is 22.3 Å². The minimum Gasteiger partial charge on any atom is -0.497 e. The van der Waals surface area contributed by atoms with Gasteiger partial charge in [0.25, 0.3) is 0 Å². The van der Waals surface area contributed by atoms with Gasteiger partial charge >= 0.3 is 12.1 Å². The molecule has 0 aliphatic heterocycles. The first-order chi connectivity index (χ1) is 21.6. The molecule has 44 heavy (non-hydrogen) atoms. The van der Waals surface area contributed by atoms with Crippen molar-refractivity contribution in [3.63, 3.8) is 0 Å². The van der Waals surface area contributed by atoms with E-state index in [4.69, 9.17) is 18.9 Å². The molecule has 0 saturated carbocycles. The van der Waals surface area contributed by atoms with E-state index >= 15 is 0 Å². The number of hydrogen-bond acceptors (Lipinski definition) is 6. The number of carbonyl (C=O) groups is 2. The van der Waals surface area contributed by atoms with Gasteiger partial charge in [-0.2, -0.15) is 0 Å². The molecule has 0 fully saturated rings. The van der Waals surface area contributed by atoms with Gasteiger partial charge in [0.1, 0.15) is 19.0 Å². The van der Waals surface area contributed by atoms with Crippen LogP contribution in [0.5, 0.6) is 5.75 Å². The summed E-state index contributed by atoms with van der Waals surface area (Å²) in [5, 5.41) is 0. The highest BCUT2D eigenvalue weighted by Gasteiger charge is 2.42. The summed E-state index contributed by atoms with van der Waals surface area (Å²) in [7, 11) is 1.59. The second kappa shape index (κ2) is 11.7. The number of carbonyl (C=O) groups excluding carboxylic acids is 2. The molecule has 0 bridgehead atoms. The fourth-order valence-corrected chi connectivity index (χ4v) is 6.46. The van der Waals surface area contributed by atoms with Gasteiger partial charge < -0.3 is 18.9 Å². The standard InChI is InChI=1S/C38H30O6/c1-41-25-20-18-24(19-21-25)22-43-38(40)44-36(35-32-16-8-6-12-28(32)29-13-7-9-17-33(29)35)37(39)42-23-34-30-14-4-2-10-26(30)27-11-3-5-15-31(27)34/h2-21,34-36H,22-23H2,1H3. The topological polar surface area (TPSA) is 71.1 Å². The lowest BCUT2D eigenvalue weighted by atomic mass is 9.91. The van der Waals surface area contributed by atoms with Crippen LogP contribution in [0.4, 0.5) is 4.79 Å². The van der Waals surface area contributed by atoms with Gasteiger partial charge in [0.05, 0.1) is 13.0 Å². The normalized spacial score (nSPS) is 13.7. The molecule has 0 amide bonds. The van der Waals surface area contributed by atoms with Gasteiger partial charge in [0.2, 0.25) is 6.10 Å². The van der Waals surface area contributed by atoms with Crippen molar-refractivity contribution >= 4 is 12.1 Å². The Labute approximate surface area is 255 Å². The summed E-state index contributed by atoms with van der Waals surface area (Å²) in [6.45, 7) is 0.0989. The molecule has 0 saturated heterocycles. The van der Waals surface area contributed by atoms with Crippen LogP contribution >= 0.6 is 0 Å². The van der Waals surface area contributed by atoms with E-state index < -0.39 is 24.1 Å². The van der Waals surface area contributed by atoms with Crippen LogP contribution in [0, 0.1) is 0 Å². The van der Waals surface area contributed by atoms with Gasteiger partial charge in [-0.15, -0.1) is 0 Å². The van der Waals surface area contributed by atoms with Crippen molar-refractivity contribution in [2.75, 3.05) is 13.7 Å². The summed E-state index contributed by atoms with van der Waals surface area (Å²) in [4.78, 5) is 27.2. The second-order valence-corrected chi connectivity index (χ2v) is 10.9. The van der Waals surface area contributed by atoms with Gasteiger partial charge in [-0.1, -0.05) is 109 Å². The number of methoxy groups -OCH3 is 1. The third-order valence-electron chi connectivity index (χ3n) is 8.51. The first-order valence-corrected chi connectivity index (χ1v) is 14.6. The zero-order valence-corrected chi connectivity index (χ0v) is 24.1. The van der Waals surface area contributed by atoms with Gasteiger partial charge in [0.15, 0.2) is 0 Å². The Bertz CT molecular complexity index is 1750. The van der Waals surface area contributed by atoms with E-state index in [1.807, 2.05) is 72.8 Å². The molecule has 0 spiro atoms. The van der Waals surface area contributed by atoms with Crippen LogP contribution in [-0.2, 0) is 25.6 Å². The highest BCUT2D eigenvalue weighted by molar-refractivity contribution is 5.86. The fraction of sp³-hybridized carbons (Fsp3) is 0.158. The van der Waals surface area contributed by atoms with E-state index in [9.17, 15) is 9.59 Å². The third kappa shape index (κ3) is 4.98. The van der Waals surface area contributed by atoms with Crippen molar-refractivity contribution in [1.29, 1.82) is 0 Å². The van der Waals surface area contributed by atoms with Crippen molar-refractivity contribution in [2.45, 2.75) is 24.5 Å². The summed E-state index contributed by atoms with van der Waals surface area (Å²) in [5.74, 6) is -0.598. The minimum absolute atomic E-state index is 0.0158. The summed E-state index contributed by atoms with van der Waals surface area (Å²) >= 11 is 0. The summed E-state index contributed by atoms with van der Waals surface area (Å²) < 4.78 is 22.6. The van der Waals surface area contributed by atoms with Crippen LogP contribution < -0.4 is 4.74 Å². The summed E-state index contributed by atoms with van der Waals surface area (Å²) in [6.07, 6.45) is -2.20. The Morgan fingerprint density at radius 2 is 1.09 bits per heavy atom. The summed E-state index contributed by atoms with van der Waals surface area (Å²) in [5.41, 5.74) is 9.04. The maximum atomic E-state index is 14.0. The zero-order chi connectivity index (χ0) is 30.0. The Morgan fingerprint density at radius 3 is 1.61 bits per heavy atom. The molecule has 1 unspecified atom stereocenters. The van der Waals surface area contributed by atoms with Crippen LogP contribution in [0.15, 0.2) is 121 Å². The number of fused-ring (bicyclic) bond motifs is 6. The molecule has 5 aromatic rings. The lowest BCUT2D eigenvalue weighted by Gasteiger charge is -2.25. The number of benzene rings is 5. The molecule has 6 nitrogen and oxygen atoms in total. The largest absolute Gasteiger partial charge is 0.509 e. The van der Waals surface area contributed by atoms with Gasteiger partial charge in [-0.05, 0) is 62.2 Å². The van der Waals surface area contributed by atoms with Crippen molar-refractivity contribution in [2.24, 2.45) is 0 Å². The smallest absolute Gasteiger partial charge is 0.497 e. The maximum Gasteiger partial charge on any atom is 0.509 e.